The van der Waals surface area contributed by atoms with Crippen LogP contribution in [0.3, 0.4) is 0 Å². The van der Waals surface area contributed by atoms with Crippen LogP contribution in [0.5, 0.6) is 0 Å². The van der Waals surface area contributed by atoms with Crippen LogP contribution in [0.25, 0.3) is 11.1 Å². The third-order valence-corrected chi connectivity index (χ3v) is 16.1. The summed E-state index contributed by atoms with van der Waals surface area (Å²) in [7, 11) is 1.88. The highest BCUT2D eigenvalue weighted by molar-refractivity contribution is 6.62. The van der Waals surface area contributed by atoms with Crippen LogP contribution in [-0.2, 0) is 37.7 Å². The Balaban J connectivity index is 0.000000211. The fourth-order valence-electron chi connectivity index (χ4n) is 10.2. The highest BCUT2D eigenvalue weighted by Crippen LogP contribution is 2.40. The van der Waals surface area contributed by atoms with Crippen molar-refractivity contribution in [2.45, 2.75) is 168 Å². The minimum atomic E-state index is -0.602. The van der Waals surface area contributed by atoms with E-state index in [1.807, 2.05) is 37.5 Å². The molecule has 0 bridgehead atoms. The highest BCUT2D eigenvalue weighted by atomic mass is 16.7. The van der Waals surface area contributed by atoms with Gasteiger partial charge in [0.15, 0.2) is 0 Å². The van der Waals surface area contributed by atoms with Crippen LogP contribution in [0.15, 0.2) is 84.0 Å². The number of hydrogen-bond acceptors (Lipinski definition) is 10. The number of allylic oxidation sites excluding steroid dienone is 6. The van der Waals surface area contributed by atoms with Crippen molar-refractivity contribution in [1.29, 1.82) is 0 Å². The molecule has 2 aliphatic carbocycles. The van der Waals surface area contributed by atoms with Crippen molar-refractivity contribution in [3.63, 3.8) is 0 Å². The van der Waals surface area contributed by atoms with Gasteiger partial charge >= 0.3 is 26.4 Å². The number of amides is 4. The van der Waals surface area contributed by atoms with Crippen molar-refractivity contribution >= 4 is 60.3 Å². The first kappa shape index (κ1) is 54.6. The maximum Gasteiger partial charge on any atom is 0.494 e. The lowest BCUT2D eigenvalue weighted by atomic mass is 9.78. The molecule has 16 heteroatoms. The largest absolute Gasteiger partial charge is 0.494 e. The number of nitrogens with one attached hydrogen (secondary N) is 2. The van der Waals surface area contributed by atoms with Gasteiger partial charge in [-0.25, -0.2) is 9.59 Å². The lowest BCUT2D eigenvalue weighted by Gasteiger charge is -2.32. The van der Waals surface area contributed by atoms with Gasteiger partial charge in [-0.3, -0.25) is 9.59 Å². The van der Waals surface area contributed by atoms with E-state index in [1.165, 1.54) is 36.5 Å². The molecule has 8 rings (SSSR count). The van der Waals surface area contributed by atoms with Gasteiger partial charge in [0.1, 0.15) is 12.1 Å². The molecule has 0 radical (unpaired) electrons. The zero-order valence-corrected chi connectivity index (χ0v) is 45.2. The van der Waals surface area contributed by atoms with Crippen LogP contribution in [-0.4, -0.2) is 122 Å². The SMILES string of the molecule is COC(=O)N[C@H](C(=O)N1CCC[C@@H]1C1=CC=C(c2ccc(B3OC(C)(C)C(C)(C)O3)cc2)C1)C(C)C.COC(=O)N[C@H](C(=O)N1CCC[C@H]1C1=CC=C(c2ccc(B3OC(C)(C)C(C)(C)O3)cc2)C1)C(C)C. The van der Waals surface area contributed by atoms with Crippen molar-refractivity contribution < 1.29 is 47.3 Å². The molecule has 0 unspecified atom stereocenters. The molecule has 2 N–H and O–H groups in total. The number of nitrogens with zero attached hydrogens (tertiary/aromatic N) is 2. The molecular weight excluding hydrogens is 910 g/mol. The van der Waals surface area contributed by atoms with E-state index in [0.717, 1.165) is 60.6 Å². The van der Waals surface area contributed by atoms with E-state index in [4.69, 9.17) is 28.1 Å². The number of rotatable bonds is 12. The van der Waals surface area contributed by atoms with Crippen molar-refractivity contribution in [3.8, 4) is 0 Å². The molecule has 0 aromatic heterocycles. The van der Waals surface area contributed by atoms with Gasteiger partial charge in [-0.05, 0) is 150 Å². The highest BCUT2D eigenvalue weighted by Gasteiger charge is 2.53. The van der Waals surface area contributed by atoms with Crippen molar-refractivity contribution in [2.24, 2.45) is 11.8 Å². The Morgan fingerprint density at radius 3 is 1.15 bits per heavy atom. The first-order valence-electron chi connectivity index (χ1n) is 25.9. The average Bonchev–Trinajstić information content (AvgIpc) is 4.21. The van der Waals surface area contributed by atoms with Gasteiger partial charge in [0.25, 0.3) is 0 Å². The average molecular weight is 989 g/mol. The van der Waals surface area contributed by atoms with E-state index in [-0.39, 0.29) is 72.4 Å². The number of likely N-dealkylation sites (tertiary alicyclic amines) is 2. The van der Waals surface area contributed by atoms with Gasteiger partial charge in [0.05, 0.1) is 48.7 Å². The molecule has 0 saturated carbocycles. The second-order valence-electron chi connectivity index (χ2n) is 22.7. The van der Waals surface area contributed by atoms with Crippen LogP contribution in [0.1, 0.15) is 133 Å². The van der Waals surface area contributed by atoms with Crippen LogP contribution >= 0.6 is 0 Å². The molecule has 4 saturated heterocycles. The van der Waals surface area contributed by atoms with E-state index in [9.17, 15) is 19.2 Å². The summed E-state index contributed by atoms with van der Waals surface area (Å²) in [4.78, 5) is 54.3. The van der Waals surface area contributed by atoms with Gasteiger partial charge in [-0.2, -0.15) is 0 Å². The van der Waals surface area contributed by atoms with Crippen LogP contribution in [0, 0.1) is 11.8 Å². The number of hydrogen-bond donors (Lipinski definition) is 2. The fourth-order valence-corrected chi connectivity index (χ4v) is 10.2. The predicted octanol–water partition coefficient (Wildman–Crippen LogP) is 8.14. The standard InChI is InChI=1S/2C28H39BN2O5/c2*1-18(2)24(30-26(33)34-7)25(32)31-16-8-9-23(31)21-11-10-20(17-21)19-12-14-22(15-13-19)29-35-27(3,4)28(5,6)36-29/h2*10-15,18,23-24H,8-9,16-17H2,1-7H3,(H,30,33)/t23-,24+;23-,24-/m10/s1. The summed E-state index contributed by atoms with van der Waals surface area (Å²) in [6, 6.07) is 15.7. The molecule has 4 fully saturated rings. The smallest absolute Gasteiger partial charge is 0.453 e. The quantitative estimate of drug-likeness (QED) is 0.199. The van der Waals surface area contributed by atoms with Crippen LogP contribution < -0.4 is 21.6 Å². The number of carbonyl (C=O) groups is 4. The summed E-state index contributed by atoms with van der Waals surface area (Å²) in [6.45, 7) is 25.6. The molecule has 14 nitrogen and oxygen atoms in total. The Labute approximate surface area is 428 Å². The van der Waals surface area contributed by atoms with Crippen molar-refractivity contribution in [2.75, 3.05) is 27.3 Å². The van der Waals surface area contributed by atoms with E-state index >= 15 is 0 Å². The minimum Gasteiger partial charge on any atom is -0.453 e. The van der Waals surface area contributed by atoms with E-state index in [1.54, 1.807) is 0 Å². The van der Waals surface area contributed by atoms with Gasteiger partial charge in [0, 0.05) is 13.1 Å². The molecule has 4 heterocycles. The summed E-state index contributed by atoms with van der Waals surface area (Å²) >= 11 is 0. The number of methoxy groups -OCH3 is 2. The molecule has 4 aliphatic heterocycles. The molecule has 72 heavy (non-hydrogen) atoms. The second kappa shape index (κ2) is 21.7. The van der Waals surface area contributed by atoms with Gasteiger partial charge in [-0.15, -0.1) is 0 Å². The van der Waals surface area contributed by atoms with Gasteiger partial charge in [0.2, 0.25) is 11.8 Å². The lowest BCUT2D eigenvalue weighted by molar-refractivity contribution is -0.135. The van der Waals surface area contributed by atoms with Crippen molar-refractivity contribution in [3.05, 3.63) is 95.1 Å². The molecular formula is C56H78B2N4O10. The van der Waals surface area contributed by atoms with E-state index < -0.39 is 24.3 Å². The molecule has 2 aromatic carbocycles. The van der Waals surface area contributed by atoms with Gasteiger partial charge < -0.3 is 48.5 Å². The molecule has 6 aliphatic rings. The predicted molar refractivity (Wildman–Crippen MR) is 283 cm³/mol. The van der Waals surface area contributed by atoms with Crippen LogP contribution in [0.4, 0.5) is 9.59 Å². The third kappa shape index (κ3) is 11.6. The van der Waals surface area contributed by atoms with Crippen LogP contribution in [0.2, 0.25) is 0 Å². The van der Waals surface area contributed by atoms with E-state index in [2.05, 4.69) is 139 Å². The molecule has 4 amide bonds. The number of ether oxygens (including phenoxy) is 2. The Kier molecular flexibility index (Phi) is 16.5. The summed E-state index contributed by atoms with van der Waals surface area (Å²) in [5.41, 5.74) is 7.82. The molecule has 4 atom stereocenters. The monoisotopic (exact) mass is 989 g/mol. The maximum absolute atomic E-state index is 13.4. The minimum absolute atomic E-state index is 0.0356. The Bertz CT molecular complexity index is 2260. The summed E-state index contributed by atoms with van der Waals surface area (Å²) in [5, 5.41) is 5.44. The molecule has 0 spiro atoms. The maximum atomic E-state index is 13.4. The normalized spacial score (nSPS) is 23.5. The molecule has 388 valence electrons. The number of alkyl carbamates (subject to hydrolysis) is 2. The number of carbonyl (C=O) groups excluding carboxylic acids is 4. The lowest BCUT2D eigenvalue weighted by Crippen LogP contribution is -2.52. The number of benzene rings is 2. The summed E-state index contributed by atoms with van der Waals surface area (Å²) in [6.07, 6.45) is 12.9. The zero-order chi connectivity index (χ0) is 52.5. The Morgan fingerprint density at radius 1 is 0.542 bits per heavy atom. The van der Waals surface area contributed by atoms with E-state index in [0.29, 0.717) is 13.1 Å². The zero-order valence-electron chi connectivity index (χ0n) is 45.2. The summed E-state index contributed by atoms with van der Waals surface area (Å²) < 4.78 is 34.2. The van der Waals surface area contributed by atoms with Crippen molar-refractivity contribution in [1.82, 2.24) is 20.4 Å². The Morgan fingerprint density at radius 2 is 0.861 bits per heavy atom. The molecule has 2 aromatic rings. The summed E-state index contributed by atoms with van der Waals surface area (Å²) in [5.74, 6) is -0.156. The first-order valence-corrected chi connectivity index (χ1v) is 25.9. The fraction of sp³-hybridized carbons (Fsp3) is 0.571. The topological polar surface area (TPSA) is 154 Å². The first-order chi connectivity index (χ1) is 33.9. The third-order valence-electron chi connectivity index (χ3n) is 16.1. The van der Waals surface area contributed by atoms with Gasteiger partial charge in [-0.1, -0.05) is 101 Å². The second-order valence-corrected chi connectivity index (χ2v) is 22.7. The Hall–Kier alpha value is -5.15.